The quantitative estimate of drug-likeness (QED) is 0.803. The highest BCUT2D eigenvalue weighted by Crippen LogP contribution is 2.20. The summed E-state index contributed by atoms with van der Waals surface area (Å²) in [5.74, 6) is -0.645. The van der Waals surface area contributed by atoms with E-state index in [2.05, 4.69) is 15.2 Å². The average Bonchev–Trinajstić information content (AvgIpc) is 2.63. The predicted molar refractivity (Wildman–Crippen MR) is 65.7 cm³/mol. The molecule has 2 heterocycles. The number of pyridine rings is 1. The highest BCUT2D eigenvalue weighted by molar-refractivity contribution is 6.29. The monoisotopic (exact) mass is 255 g/mol. The van der Waals surface area contributed by atoms with Gasteiger partial charge in [0, 0.05) is 12.6 Å². The van der Waals surface area contributed by atoms with Crippen LogP contribution in [0.4, 0.5) is 5.82 Å². The largest absolute Gasteiger partial charge is 0.478 e. The number of carboxylic acid groups (broad SMARTS) is 1. The second kappa shape index (κ2) is 4.89. The summed E-state index contributed by atoms with van der Waals surface area (Å²) in [6.07, 6.45) is 0.976. The maximum Gasteiger partial charge on any atom is 0.339 e. The second-order valence-electron chi connectivity index (χ2n) is 4.23. The van der Waals surface area contributed by atoms with E-state index in [1.165, 1.54) is 12.1 Å². The van der Waals surface area contributed by atoms with Crippen molar-refractivity contribution >= 4 is 23.4 Å². The van der Waals surface area contributed by atoms with Crippen LogP contribution in [0, 0.1) is 0 Å². The maximum absolute atomic E-state index is 11.0. The Bertz CT molecular complexity index is 439. The molecule has 1 atom stereocenters. The van der Waals surface area contributed by atoms with Crippen molar-refractivity contribution in [2.45, 2.75) is 12.5 Å². The summed E-state index contributed by atoms with van der Waals surface area (Å²) in [6.45, 7) is 1.88. The Morgan fingerprint density at radius 2 is 2.41 bits per heavy atom. The third-order valence-corrected chi connectivity index (χ3v) is 3.03. The molecule has 6 heteroatoms. The van der Waals surface area contributed by atoms with Gasteiger partial charge in [-0.15, -0.1) is 0 Å². The molecule has 17 heavy (non-hydrogen) atoms. The zero-order valence-electron chi connectivity index (χ0n) is 9.48. The van der Waals surface area contributed by atoms with Crippen LogP contribution in [0.25, 0.3) is 0 Å². The third-order valence-electron chi connectivity index (χ3n) is 2.82. The summed E-state index contributed by atoms with van der Waals surface area (Å²) in [7, 11) is 2.03. The van der Waals surface area contributed by atoms with Crippen LogP contribution in [0.1, 0.15) is 16.8 Å². The summed E-state index contributed by atoms with van der Waals surface area (Å²) in [5.41, 5.74) is 0.156. The van der Waals surface area contributed by atoms with E-state index in [9.17, 15) is 4.79 Å². The van der Waals surface area contributed by atoms with Gasteiger partial charge in [-0.05, 0) is 32.1 Å². The molecule has 1 unspecified atom stereocenters. The number of rotatable bonds is 3. The molecule has 1 aromatic rings. The lowest BCUT2D eigenvalue weighted by Gasteiger charge is -2.15. The molecule has 1 aliphatic rings. The van der Waals surface area contributed by atoms with Crippen LogP contribution in [-0.4, -0.2) is 47.1 Å². The summed E-state index contributed by atoms with van der Waals surface area (Å²) >= 11 is 5.78. The van der Waals surface area contributed by atoms with Crippen LogP contribution >= 0.6 is 11.6 Å². The number of hydrogen-bond donors (Lipinski definition) is 2. The number of aromatic nitrogens is 1. The molecule has 0 amide bonds. The molecule has 1 aromatic heterocycles. The van der Waals surface area contributed by atoms with Gasteiger partial charge >= 0.3 is 5.97 Å². The number of halogens is 1. The molecule has 0 aromatic carbocycles. The van der Waals surface area contributed by atoms with E-state index in [0.717, 1.165) is 19.5 Å². The van der Waals surface area contributed by atoms with Crippen LogP contribution in [0.15, 0.2) is 12.1 Å². The van der Waals surface area contributed by atoms with Gasteiger partial charge in [0.15, 0.2) is 0 Å². The van der Waals surface area contributed by atoms with Crippen LogP contribution in [0.3, 0.4) is 0 Å². The Balaban J connectivity index is 2.19. The molecule has 5 nitrogen and oxygen atoms in total. The smallest absolute Gasteiger partial charge is 0.339 e. The number of carbonyl (C=O) groups is 1. The summed E-state index contributed by atoms with van der Waals surface area (Å²) < 4.78 is 0. The van der Waals surface area contributed by atoms with Crippen LogP contribution < -0.4 is 5.32 Å². The standard InChI is InChI=1S/C11H14ClN3O2/c1-15-5-4-7(6-15)13-10-8(11(16)17)2-3-9(12)14-10/h2-3,7H,4-6H2,1H3,(H,13,14)(H,16,17). The lowest BCUT2D eigenvalue weighted by molar-refractivity contribution is 0.0697. The minimum atomic E-state index is -0.997. The summed E-state index contributed by atoms with van der Waals surface area (Å²) in [5, 5.41) is 12.5. The SMILES string of the molecule is CN1CCC(Nc2nc(Cl)ccc2C(=O)O)C1. The Hall–Kier alpha value is -1.33. The van der Waals surface area contributed by atoms with Crippen molar-refractivity contribution in [2.24, 2.45) is 0 Å². The molecule has 2 rings (SSSR count). The number of nitrogens with one attached hydrogen (secondary N) is 1. The van der Waals surface area contributed by atoms with Crippen molar-refractivity contribution in [1.29, 1.82) is 0 Å². The van der Waals surface area contributed by atoms with E-state index in [4.69, 9.17) is 16.7 Å². The minimum Gasteiger partial charge on any atom is -0.478 e. The van der Waals surface area contributed by atoms with Crippen molar-refractivity contribution in [3.63, 3.8) is 0 Å². The molecule has 0 spiro atoms. The Morgan fingerprint density at radius 1 is 1.65 bits per heavy atom. The highest BCUT2D eigenvalue weighted by Gasteiger charge is 2.22. The molecule has 0 saturated carbocycles. The van der Waals surface area contributed by atoms with E-state index >= 15 is 0 Å². The second-order valence-corrected chi connectivity index (χ2v) is 4.61. The first-order chi connectivity index (χ1) is 8.06. The van der Waals surface area contributed by atoms with Crippen LogP contribution in [-0.2, 0) is 0 Å². The number of nitrogens with zero attached hydrogens (tertiary/aromatic N) is 2. The fourth-order valence-corrected chi connectivity index (χ4v) is 2.11. The molecule has 1 saturated heterocycles. The van der Waals surface area contributed by atoms with Gasteiger partial charge in [0.05, 0.1) is 0 Å². The van der Waals surface area contributed by atoms with E-state index < -0.39 is 5.97 Å². The van der Waals surface area contributed by atoms with Gasteiger partial charge in [-0.1, -0.05) is 11.6 Å². The molecule has 0 aliphatic carbocycles. The van der Waals surface area contributed by atoms with Crippen molar-refractivity contribution in [3.8, 4) is 0 Å². The van der Waals surface area contributed by atoms with Crippen molar-refractivity contribution in [3.05, 3.63) is 22.8 Å². The number of likely N-dealkylation sites (N-methyl/N-ethyl adjacent to an activating group) is 1. The molecule has 1 fully saturated rings. The lowest BCUT2D eigenvalue weighted by Crippen LogP contribution is -2.25. The number of aromatic carboxylic acids is 1. The first-order valence-electron chi connectivity index (χ1n) is 5.41. The summed E-state index contributed by atoms with van der Waals surface area (Å²) in [4.78, 5) is 17.3. The van der Waals surface area contributed by atoms with Crippen LogP contribution in [0.2, 0.25) is 5.15 Å². The normalized spacial score (nSPS) is 20.5. The fraction of sp³-hybridized carbons (Fsp3) is 0.455. The molecule has 2 N–H and O–H groups in total. The Morgan fingerprint density at radius 3 is 3.00 bits per heavy atom. The van der Waals surface area contributed by atoms with Gasteiger partial charge in [-0.25, -0.2) is 9.78 Å². The van der Waals surface area contributed by atoms with E-state index in [1.807, 2.05) is 7.05 Å². The first kappa shape index (κ1) is 12.1. The molecule has 0 radical (unpaired) electrons. The number of hydrogen-bond acceptors (Lipinski definition) is 4. The minimum absolute atomic E-state index is 0.156. The van der Waals surface area contributed by atoms with Gasteiger partial charge in [-0.2, -0.15) is 0 Å². The van der Waals surface area contributed by atoms with Crippen molar-refractivity contribution in [1.82, 2.24) is 9.88 Å². The average molecular weight is 256 g/mol. The third kappa shape index (κ3) is 2.87. The number of carboxylic acids is 1. The van der Waals surface area contributed by atoms with Gasteiger partial charge in [0.25, 0.3) is 0 Å². The molecule has 92 valence electrons. The Kier molecular flexibility index (Phi) is 3.49. The van der Waals surface area contributed by atoms with E-state index in [-0.39, 0.29) is 11.6 Å². The van der Waals surface area contributed by atoms with E-state index in [0.29, 0.717) is 11.0 Å². The van der Waals surface area contributed by atoms with Gasteiger partial charge in [-0.3, -0.25) is 0 Å². The fourth-order valence-electron chi connectivity index (χ4n) is 1.96. The lowest BCUT2D eigenvalue weighted by atomic mass is 10.2. The zero-order valence-corrected chi connectivity index (χ0v) is 10.2. The topological polar surface area (TPSA) is 65.5 Å². The molecular weight excluding hydrogens is 242 g/mol. The predicted octanol–water partition coefficient (Wildman–Crippen LogP) is 1.55. The maximum atomic E-state index is 11.0. The molecule has 0 bridgehead atoms. The first-order valence-corrected chi connectivity index (χ1v) is 5.79. The van der Waals surface area contributed by atoms with Gasteiger partial charge in [0.2, 0.25) is 0 Å². The molecule has 1 aliphatic heterocycles. The van der Waals surface area contributed by atoms with Gasteiger partial charge < -0.3 is 15.3 Å². The highest BCUT2D eigenvalue weighted by atomic mass is 35.5. The zero-order chi connectivity index (χ0) is 12.4. The van der Waals surface area contributed by atoms with Gasteiger partial charge in [0.1, 0.15) is 16.5 Å². The number of likely N-dealkylation sites (tertiary alicyclic amines) is 1. The van der Waals surface area contributed by atoms with Crippen molar-refractivity contribution < 1.29 is 9.90 Å². The van der Waals surface area contributed by atoms with Crippen LogP contribution in [0.5, 0.6) is 0 Å². The number of anilines is 1. The van der Waals surface area contributed by atoms with E-state index in [1.54, 1.807) is 0 Å². The summed E-state index contributed by atoms with van der Waals surface area (Å²) in [6, 6.07) is 3.18. The van der Waals surface area contributed by atoms with Crippen molar-refractivity contribution in [2.75, 3.05) is 25.5 Å². The Labute approximate surface area is 104 Å². The molecular formula is C11H14ClN3O2.